The summed E-state index contributed by atoms with van der Waals surface area (Å²) in [4.78, 5) is 29.9. The Morgan fingerprint density at radius 1 is 1.13 bits per heavy atom. The molecule has 0 radical (unpaired) electrons. The fourth-order valence-electron chi connectivity index (χ4n) is 3.89. The molecule has 2 aromatic heterocycles. The summed E-state index contributed by atoms with van der Waals surface area (Å²) in [6.07, 6.45) is 3.35. The molecule has 1 aliphatic carbocycles. The first-order valence-corrected chi connectivity index (χ1v) is 10.5. The van der Waals surface area contributed by atoms with Gasteiger partial charge in [-0.1, -0.05) is 19.1 Å². The zero-order chi connectivity index (χ0) is 20.7. The summed E-state index contributed by atoms with van der Waals surface area (Å²) in [5.41, 5.74) is 3.89. The molecule has 0 atom stereocenters. The highest BCUT2D eigenvalue weighted by Gasteiger charge is 2.28. The number of carbonyl (C=O) groups excluding carboxylic acids is 1. The number of aromatic nitrogens is 3. The van der Waals surface area contributed by atoms with Crippen molar-refractivity contribution in [3.63, 3.8) is 0 Å². The van der Waals surface area contributed by atoms with Crippen LogP contribution < -0.4 is 11.0 Å². The Morgan fingerprint density at radius 3 is 2.57 bits per heavy atom. The molecule has 4 aromatic rings. The minimum Gasteiger partial charge on any atom is -0.440 e. The predicted molar refractivity (Wildman–Crippen MR) is 116 cm³/mol. The number of hydrogen-bond acceptors (Lipinski definition) is 4. The SMILES string of the molecule is CCCn1c(=O)n(CCC(=O)Nc2ccc3oc(C4CC4)nc3c2)c2ccccc21. The lowest BCUT2D eigenvalue weighted by molar-refractivity contribution is -0.116. The summed E-state index contributed by atoms with van der Waals surface area (Å²) in [5, 5.41) is 2.92. The molecule has 0 unspecified atom stereocenters. The zero-order valence-corrected chi connectivity index (χ0v) is 16.9. The van der Waals surface area contributed by atoms with E-state index in [2.05, 4.69) is 10.3 Å². The molecule has 7 nitrogen and oxygen atoms in total. The summed E-state index contributed by atoms with van der Waals surface area (Å²) < 4.78 is 9.24. The molecule has 0 saturated heterocycles. The fraction of sp³-hybridized carbons (Fsp3) is 0.348. The zero-order valence-electron chi connectivity index (χ0n) is 16.9. The van der Waals surface area contributed by atoms with E-state index in [1.54, 1.807) is 9.13 Å². The molecule has 1 fully saturated rings. The van der Waals surface area contributed by atoms with Gasteiger partial charge in [-0.25, -0.2) is 9.78 Å². The third-order valence-corrected chi connectivity index (χ3v) is 5.55. The van der Waals surface area contributed by atoms with E-state index in [0.717, 1.165) is 47.3 Å². The molecular weight excluding hydrogens is 380 g/mol. The maximum atomic E-state index is 12.8. The first-order chi connectivity index (χ1) is 14.6. The molecule has 1 saturated carbocycles. The molecule has 1 aliphatic rings. The Hall–Kier alpha value is -3.35. The van der Waals surface area contributed by atoms with Gasteiger partial charge in [0.2, 0.25) is 5.91 Å². The number of imidazole rings is 1. The number of nitrogens with zero attached hydrogens (tertiary/aromatic N) is 3. The van der Waals surface area contributed by atoms with Gasteiger partial charge in [0.25, 0.3) is 0 Å². The van der Waals surface area contributed by atoms with Gasteiger partial charge < -0.3 is 9.73 Å². The Bertz CT molecular complexity index is 1290. The van der Waals surface area contributed by atoms with Crippen molar-refractivity contribution >= 4 is 33.7 Å². The summed E-state index contributed by atoms with van der Waals surface area (Å²) >= 11 is 0. The van der Waals surface area contributed by atoms with Gasteiger partial charge in [0, 0.05) is 31.1 Å². The van der Waals surface area contributed by atoms with Crippen molar-refractivity contribution in [1.29, 1.82) is 0 Å². The molecule has 1 amide bonds. The van der Waals surface area contributed by atoms with Crippen molar-refractivity contribution in [2.45, 2.75) is 51.6 Å². The number of amides is 1. The molecule has 2 aromatic carbocycles. The van der Waals surface area contributed by atoms with Gasteiger partial charge in [0.1, 0.15) is 5.52 Å². The number of carbonyl (C=O) groups is 1. The Labute approximate surface area is 173 Å². The second kappa shape index (κ2) is 7.48. The lowest BCUT2D eigenvalue weighted by atomic mass is 10.2. The second-order valence-corrected chi connectivity index (χ2v) is 7.88. The van der Waals surface area contributed by atoms with E-state index in [-0.39, 0.29) is 18.0 Å². The summed E-state index contributed by atoms with van der Waals surface area (Å²) in [5.74, 6) is 1.10. The minimum absolute atomic E-state index is 0.0672. The number of oxazole rings is 1. The summed E-state index contributed by atoms with van der Waals surface area (Å²) in [7, 11) is 0. The largest absolute Gasteiger partial charge is 0.440 e. The second-order valence-electron chi connectivity index (χ2n) is 7.88. The Balaban J connectivity index is 1.31. The third kappa shape index (κ3) is 3.40. The van der Waals surface area contributed by atoms with E-state index >= 15 is 0 Å². The average Bonchev–Trinajstić information content (AvgIpc) is 3.46. The topological polar surface area (TPSA) is 82.1 Å². The minimum atomic E-state index is -0.139. The molecule has 30 heavy (non-hydrogen) atoms. The molecule has 0 bridgehead atoms. The van der Waals surface area contributed by atoms with Gasteiger partial charge in [0.05, 0.1) is 11.0 Å². The number of benzene rings is 2. The number of aryl methyl sites for hydroxylation is 2. The predicted octanol–water partition coefficient (Wildman–Crippen LogP) is 4.26. The fourth-order valence-corrected chi connectivity index (χ4v) is 3.89. The van der Waals surface area contributed by atoms with Crippen molar-refractivity contribution in [3.05, 3.63) is 58.8 Å². The van der Waals surface area contributed by atoms with Gasteiger partial charge in [-0.2, -0.15) is 0 Å². The number of fused-ring (bicyclic) bond motifs is 2. The van der Waals surface area contributed by atoms with Crippen LogP contribution in [0.15, 0.2) is 51.7 Å². The first-order valence-electron chi connectivity index (χ1n) is 10.5. The number of anilines is 1. The van der Waals surface area contributed by atoms with Crippen LogP contribution in [0.5, 0.6) is 0 Å². The Kier molecular flexibility index (Phi) is 4.65. The number of nitrogens with one attached hydrogen (secondary N) is 1. The van der Waals surface area contributed by atoms with Gasteiger partial charge in [0.15, 0.2) is 11.5 Å². The van der Waals surface area contributed by atoms with Crippen molar-refractivity contribution in [1.82, 2.24) is 14.1 Å². The molecule has 5 rings (SSSR count). The van der Waals surface area contributed by atoms with Crippen molar-refractivity contribution in [2.24, 2.45) is 0 Å². The Morgan fingerprint density at radius 2 is 1.87 bits per heavy atom. The van der Waals surface area contributed by atoms with Crippen LogP contribution in [0.2, 0.25) is 0 Å². The number of para-hydroxylation sites is 2. The van der Waals surface area contributed by atoms with Crippen LogP contribution >= 0.6 is 0 Å². The normalized spacial score (nSPS) is 13.9. The maximum absolute atomic E-state index is 12.8. The molecule has 7 heteroatoms. The van der Waals surface area contributed by atoms with Crippen molar-refractivity contribution < 1.29 is 9.21 Å². The molecule has 0 spiro atoms. The van der Waals surface area contributed by atoms with E-state index < -0.39 is 0 Å². The van der Waals surface area contributed by atoms with E-state index in [0.29, 0.717) is 24.7 Å². The van der Waals surface area contributed by atoms with E-state index in [4.69, 9.17) is 4.42 Å². The van der Waals surface area contributed by atoms with Gasteiger partial charge in [-0.3, -0.25) is 13.9 Å². The van der Waals surface area contributed by atoms with Gasteiger partial charge in [-0.05, 0) is 49.6 Å². The van der Waals surface area contributed by atoms with Crippen LogP contribution in [-0.2, 0) is 17.9 Å². The molecule has 1 N–H and O–H groups in total. The quantitative estimate of drug-likeness (QED) is 0.499. The first kappa shape index (κ1) is 18.7. The van der Waals surface area contributed by atoms with Gasteiger partial charge >= 0.3 is 5.69 Å². The number of hydrogen-bond donors (Lipinski definition) is 1. The van der Waals surface area contributed by atoms with Crippen LogP contribution in [0, 0.1) is 0 Å². The third-order valence-electron chi connectivity index (χ3n) is 5.55. The smallest absolute Gasteiger partial charge is 0.329 e. The monoisotopic (exact) mass is 404 g/mol. The van der Waals surface area contributed by atoms with E-state index in [9.17, 15) is 9.59 Å². The molecule has 0 aliphatic heterocycles. The van der Waals surface area contributed by atoms with Crippen molar-refractivity contribution in [2.75, 3.05) is 5.32 Å². The molecule has 2 heterocycles. The average molecular weight is 404 g/mol. The molecular formula is C23H24N4O3. The van der Waals surface area contributed by atoms with E-state index in [1.807, 2.05) is 49.4 Å². The van der Waals surface area contributed by atoms with Crippen LogP contribution in [0.4, 0.5) is 5.69 Å². The highest BCUT2D eigenvalue weighted by atomic mass is 16.3. The number of rotatable bonds is 7. The lowest BCUT2D eigenvalue weighted by Crippen LogP contribution is -2.26. The molecule has 154 valence electrons. The maximum Gasteiger partial charge on any atom is 0.329 e. The van der Waals surface area contributed by atoms with Crippen molar-refractivity contribution in [3.8, 4) is 0 Å². The summed E-state index contributed by atoms with van der Waals surface area (Å²) in [6.45, 7) is 3.05. The van der Waals surface area contributed by atoms with Crippen LogP contribution in [0.25, 0.3) is 22.1 Å². The van der Waals surface area contributed by atoms with Crippen LogP contribution in [-0.4, -0.2) is 20.0 Å². The van der Waals surface area contributed by atoms with E-state index in [1.165, 1.54) is 0 Å². The highest BCUT2D eigenvalue weighted by molar-refractivity contribution is 5.92. The van der Waals surface area contributed by atoms with Crippen LogP contribution in [0.1, 0.15) is 44.4 Å². The summed E-state index contributed by atoms with van der Waals surface area (Å²) in [6, 6.07) is 13.2. The highest BCUT2D eigenvalue weighted by Crippen LogP contribution is 2.40. The van der Waals surface area contributed by atoms with Crippen LogP contribution in [0.3, 0.4) is 0 Å². The lowest BCUT2D eigenvalue weighted by Gasteiger charge is -2.06. The standard InChI is InChI=1S/C23H24N4O3/c1-2-12-26-18-5-3-4-6-19(18)27(23(26)29)13-11-21(28)24-16-9-10-20-17(14-16)25-22(30-20)15-7-8-15/h3-6,9-10,14-15H,2,7-8,11-13H2,1H3,(H,24,28). The van der Waals surface area contributed by atoms with Gasteiger partial charge in [-0.15, -0.1) is 0 Å².